The smallest absolute Gasteiger partial charge is 0.119 e. The maximum Gasteiger partial charge on any atom is 0.119 e. The lowest BCUT2D eigenvalue weighted by molar-refractivity contribution is -0.107. The SMILES string of the molecule is CCCCC=O.CCCO. The zero-order valence-corrected chi connectivity index (χ0v) is 6.97. The van der Waals surface area contributed by atoms with Crippen LogP contribution in [0.4, 0.5) is 0 Å². The Hall–Kier alpha value is -0.370. The highest BCUT2D eigenvalue weighted by Crippen LogP contribution is 1.87. The van der Waals surface area contributed by atoms with Crippen LogP contribution in [-0.2, 0) is 4.79 Å². The molecule has 0 radical (unpaired) electrons. The molecule has 0 saturated heterocycles. The molecule has 0 saturated carbocycles. The zero-order valence-electron chi connectivity index (χ0n) is 6.97. The van der Waals surface area contributed by atoms with Gasteiger partial charge >= 0.3 is 0 Å². The van der Waals surface area contributed by atoms with E-state index in [0.29, 0.717) is 6.61 Å². The van der Waals surface area contributed by atoms with Crippen molar-refractivity contribution in [3.63, 3.8) is 0 Å². The largest absolute Gasteiger partial charge is 0.396 e. The topological polar surface area (TPSA) is 37.3 Å². The van der Waals surface area contributed by atoms with Crippen LogP contribution < -0.4 is 0 Å². The maximum atomic E-state index is 9.56. The van der Waals surface area contributed by atoms with Gasteiger partial charge in [-0.2, -0.15) is 0 Å². The van der Waals surface area contributed by atoms with Crippen LogP contribution in [0.5, 0.6) is 0 Å². The summed E-state index contributed by atoms with van der Waals surface area (Å²) in [5.74, 6) is 0. The van der Waals surface area contributed by atoms with Gasteiger partial charge in [-0.25, -0.2) is 0 Å². The van der Waals surface area contributed by atoms with E-state index in [1.807, 2.05) is 6.92 Å². The molecule has 1 N–H and O–H groups in total. The molecule has 0 atom stereocenters. The normalized spacial score (nSPS) is 7.90. The van der Waals surface area contributed by atoms with Gasteiger partial charge in [0.15, 0.2) is 0 Å². The lowest BCUT2D eigenvalue weighted by atomic mass is 10.3. The van der Waals surface area contributed by atoms with Gasteiger partial charge in [-0.1, -0.05) is 20.3 Å². The van der Waals surface area contributed by atoms with Crippen molar-refractivity contribution in [1.29, 1.82) is 0 Å². The number of rotatable bonds is 4. The maximum absolute atomic E-state index is 9.56. The molecule has 0 aliphatic rings. The summed E-state index contributed by atoms with van der Waals surface area (Å²) in [7, 11) is 0. The lowest BCUT2D eigenvalue weighted by Crippen LogP contribution is -1.70. The molecule has 0 heterocycles. The highest BCUT2D eigenvalue weighted by atomic mass is 16.2. The van der Waals surface area contributed by atoms with E-state index in [0.717, 1.165) is 32.0 Å². The van der Waals surface area contributed by atoms with Crippen molar-refractivity contribution in [1.82, 2.24) is 0 Å². The minimum atomic E-state index is 0.319. The molecule has 0 aromatic heterocycles. The number of hydrogen-bond donors (Lipinski definition) is 1. The first kappa shape index (κ1) is 12.3. The van der Waals surface area contributed by atoms with Crippen LogP contribution in [0.3, 0.4) is 0 Å². The monoisotopic (exact) mass is 146 g/mol. The van der Waals surface area contributed by atoms with Crippen molar-refractivity contribution in [3.8, 4) is 0 Å². The van der Waals surface area contributed by atoms with E-state index < -0.39 is 0 Å². The Labute approximate surface area is 63.3 Å². The molecule has 0 aliphatic carbocycles. The van der Waals surface area contributed by atoms with Crippen LogP contribution in [0.15, 0.2) is 0 Å². The average molecular weight is 146 g/mol. The Morgan fingerprint density at radius 1 is 1.30 bits per heavy atom. The van der Waals surface area contributed by atoms with Gasteiger partial charge in [0.2, 0.25) is 0 Å². The number of carbonyl (C=O) groups is 1. The minimum Gasteiger partial charge on any atom is -0.396 e. The van der Waals surface area contributed by atoms with E-state index in [1.54, 1.807) is 0 Å². The van der Waals surface area contributed by atoms with E-state index in [2.05, 4.69) is 6.92 Å². The van der Waals surface area contributed by atoms with Crippen LogP contribution in [0.1, 0.15) is 39.5 Å². The Balaban J connectivity index is 0. The van der Waals surface area contributed by atoms with Gasteiger partial charge in [-0.05, 0) is 12.8 Å². The Kier molecular flexibility index (Phi) is 19.5. The summed E-state index contributed by atoms with van der Waals surface area (Å²) >= 11 is 0. The first-order valence-electron chi connectivity index (χ1n) is 3.87. The number of aliphatic hydroxyl groups excluding tert-OH is 1. The third-order valence-corrected chi connectivity index (χ3v) is 0.899. The third kappa shape index (κ3) is 25.5. The molecule has 62 valence electrons. The highest BCUT2D eigenvalue weighted by Gasteiger charge is 1.74. The van der Waals surface area contributed by atoms with Crippen LogP contribution >= 0.6 is 0 Å². The summed E-state index contributed by atoms with van der Waals surface area (Å²) in [4.78, 5) is 9.56. The quantitative estimate of drug-likeness (QED) is 0.484. The summed E-state index contributed by atoms with van der Waals surface area (Å²) < 4.78 is 0. The molecule has 0 unspecified atom stereocenters. The van der Waals surface area contributed by atoms with E-state index in [1.165, 1.54) is 0 Å². The first-order valence-corrected chi connectivity index (χ1v) is 3.87. The van der Waals surface area contributed by atoms with Crippen LogP contribution in [0.25, 0.3) is 0 Å². The van der Waals surface area contributed by atoms with Crippen molar-refractivity contribution < 1.29 is 9.90 Å². The first-order chi connectivity index (χ1) is 4.83. The van der Waals surface area contributed by atoms with Crippen molar-refractivity contribution in [3.05, 3.63) is 0 Å². The standard InChI is InChI=1S/C5H10O.C3H8O/c1-2-3-4-5-6;1-2-3-4/h5H,2-4H2,1H3;4H,2-3H2,1H3. The van der Waals surface area contributed by atoms with Crippen molar-refractivity contribution in [2.45, 2.75) is 39.5 Å². The van der Waals surface area contributed by atoms with E-state index >= 15 is 0 Å². The van der Waals surface area contributed by atoms with Gasteiger partial charge in [0, 0.05) is 13.0 Å². The second-order valence-corrected chi connectivity index (χ2v) is 2.03. The predicted molar refractivity (Wildman–Crippen MR) is 43.0 cm³/mol. The molecule has 10 heavy (non-hydrogen) atoms. The molecule has 0 rings (SSSR count). The van der Waals surface area contributed by atoms with Gasteiger partial charge < -0.3 is 9.90 Å². The highest BCUT2D eigenvalue weighted by molar-refractivity contribution is 5.48. The van der Waals surface area contributed by atoms with Gasteiger partial charge in [0.25, 0.3) is 0 Å². The fourth-order valence-electron chi connectivity index (χ4n) is 0.287. The zero-order chi connectivity index (χ0) is 8.24. The average Bonchev–Trinajstić information content (AvgIpc) is 2.01. The molecule has 0 aromatic carbocycles. The second-order valence-electron chi connectivity index (χ2n) is 2.03. The second kappa shape index (κ2) is 15.9. The Morgan fingerprint density at radius 2 is 1.80 bits per heavy atom. The Morgan fingerprint density at radius 3 is 1.90 bits per heavy atom. The molecule has 0 aromatic rings. The van der Waals surface area contributed by atoms with Crippen molar-refractivity contribution in [2.75, 3.05) is 6.61 Å². The molecule has 2 nitrogen and oxygen atoms in total. The summed E-state index contributed by atoms with van der Waals surface area (Å²) in [5.41, 5.74) is 0. The van der Waals surface area contributed by atoms with E-state index in [4.69, 9.17) is 5.11 Å². The minimum absolute atomic E-state index is 0.319. The molecule has 0 aliphatic heterocycles. The number of unbranched alkanes of at least 4 members (excludes halogenated alkanes) is 2. The number of hydrogen-bond acceptors (Lipinski definition) is 2. The molecular weight excluding hydrogens is 128 g/mol. The molecule has 2 heteroatoms. The third-order valence-electron chi connectivity index (χ3n) is 0.899. The predicted octanol–water partition coefficient (Wildman–Crippen LogP) is 1.76. The molecule has 0 amide bonds. The molecule has 0 fully saturated rings. The lowest BCUT2D eigenvalue weighted by Gasteiger charge is -1.79. The number of aldehydes is 1. The van der Waals surface area contributed by atoms with Crippen LogP contribution in [0, 0.1) is 0 Å². The van der Waals surface area contributed by atoms with E-state index in [9.17, 15) is 4.79 Å². The summed E-state index contributed by atoms with van der Waals surface area (Å²) in [6.45, 7) is 4.32. The number of aliphatic hydroxyl groups is 1. The van der Waals surface area contributed by atoms with Crippen LogP contribution in [0.2, 0.25) is 0 Å². The van der Waals surface area contributed by atoms with Crippen LogP contribution in [-0.4, -0.2) is 18.0 Å². The van der Waals surface area contributed by atoms with Gasteiger partial charge in [-0.15, -0.1) is 0 Å². The summed E-state index contributed by atoms with van der Waals surface area (Å²) in [6, 6.07) is 0. The number of carbonyl (C=O) groups excluding carboxylic acids is 1. The molecular formula is C8H18O2. The van der Waals surface area contributed by atoms with Crippen molar-refractivity contribution >= 4 is 6.29 Å². The summed E-state index contributed by atoms with van der Waals surface area (Å²) in [6.07, 6.45) is 4.74. The summed E-state index contributed by atoms with van der Waals surface area (Å²) in [5, 5.41) is 7.88. The fourth-order valence-corrected chi connectivity index (χ4v) is 0.287. The fraction of sp³-hybridized carbons (Fsp3) is 0.875. The van der Waals surface area contributed by atoms with Crippen molar-refractivity contribution in [2.24, 2.45) is 0 Å². The Bertz CT molecular complexity index is 51.2. The van der Waals surface area contributed by atoms with Gasteiger partial charge in [-0.3, -0.25) is 0 Å². The molecule has 0 bridgehead atoms. The van der Waals surface area contributed by atoms with E-state index in [-0.39, 0.29) is 0 Å². The van der Waals surface area contributed by atoms with Gasteiger partial charge in [0.1, 0.15) is 6.29 Å². The van der Waals surface area contributed by atoms with Gasteiger partial charge in [0.05, 0.1) is 0 Å². The molecule has 0 spiro atoms.